The minimum absolute atomic E-state index is 0. The molecule has 112 valence electrons. The maximum absolute atomic E-state index is 5.64. The van der Waals surface area contributed by atoms with Gasteiger partial charge in [-0.1, -0.05) is 36.3 Å². The zero-order valence-electron chi connectivity index (χ0n) is 12.1. The molecule has 4 heteroatoms. The Hall–Kier alpha value is -1.73. The normalized spacial score (nSPS) is 9.90. The highest BCUT2D eigenvalue weighted by atomic mass is 35.5. The molecule has 3 nitrogen and oxygen atoms in total. The van der Waals surface area contributed by atoms with Crippen molar-refractivity contribution in [1.82, 2.24) is 5.32 Å². The third kappa shape index (κ3) is 4.64. The van der Waals surface area contributed by atoms with E-state index in [4.69, 9.17) is 15.9 Å². The van der Waals surface area contributed by atoms with E-state index in [0.29, 0.717) is 6.61 Å². The predicted molar refractivity (Wildman–Crippen MR) is 89.1 cm³/mol. The number of fused-ring (bicyclic) bond motifs is 1. The van der Waals surface area contributed by atoms with E-state index in [0.717, 1.165) is 24.4 Å². The number of terminal acetylenes is 1. The van der Waals surface area contributed by atoms with Gasteiger partial charge in [-0.25, -0.2) is 0 Å². The molecule has 0 atom stereocenters. The van der Waals surface area contributed by atoms with E-state index in [2.05, 4.69) is 29.4 Å². The average molecular weight is 306 g/mol. The smallest absolute Gasteiger partial charge is 0.148 e. The van der Waals surface area contributed by atoms with Gasteiger partial charge in [0.1, 0.15) is 12.4 Å². The SMILES string of the molecule is C#CCOc1ccc2ccccc2c1CNCCOC.Cl. The Bertz CT molecular complexity index is 607. The van der Waals surface area contributed by atoms with Gasteiger partial charge in [0.2, 0.25) is 0 Å². The molecule has 0 bridgehead atoms. The van der Waals surface area contributed by atoms with Gasteiger partial charge in [-0.3, -0.25) is 0 Å². The number of ether oxygens (including phenoxy) is 2. The molecule has 0 aromatic heterocycles. The fourth-order valence-electron chi connectivity index (χ4n) is 2.14. The first-order valence-electron chi connectivity index (χ1n) is 6.63. The van der Waals surface area contributed by atoms with Crippen LogP contribution in [0.2, 0.25) is 0 Å². The summed E-state index contributed by atoms with van der Waals surface area (Å²) in [4.78, 5) is 0. The van der Waals surface area contributed by atoms with E-state index in [-0.39, 0.29) is 19.0 Å². The van der Waals surface area contributed by atoms with Crippen LogP contribution in [0.15, 0.2) is 36.4 Å². The van der Waals surface area contributed by atoms with Crippen molar-refractivity contribution >= 4 is 23.2 Å². The van der Waals surface area contributed by atoms with Crippen molar-refractivity contribution in [2.75, 3.05) is 26.9 Å². The van der Waals surface area contributed by atoms with Crippen LogP contribution in [0.1, 0.15) is 5.56 Å². The third-order valence-corrected chi connectivity index (χ3v) is 3.09. The lowest BCUT2D eigenvalue weighted by Crippen LogP contribution is -2.19. The Morgan fingerprint density at radius 2 is 2.00 bits per heavy atom. The van der Waals surface area contributed by atoms with Gasteiger partial charge in [0.05, 0.1) is 6.61 Å². The third-order valence-electron chi connectivity index (χ3n) is 3.09. The van der Waals surface area contributed by atoms with E-state index in [1.807, 2.05) is 18.2 Å². The van der Waals surface area contributed by atoms with Crippen molar-refractivity contribution in [2.45, 2.75) is 6.54 Å². The first-order chi connectivity index (χ1) is 9.86. The highest BCUT2D eigenvalue weighted by Crippen LogP contribution is 2.28. The lowest BCUT2D eigenvalue weighted by atomic mass is 10.0. The summed E-state index contributed by atoms with van der Waals surface area (Å²) < 4.78 is 10.7. The van der Waals surface area contributed by atoms with Crippen molar-refractivity contribution in [2.24, 2.45) is 0 Å². The molecule has 0 saturated heterocycles. The molecule has 0 saturated carbocycles. The summed E-state index contributed by atoms with van der Waals surface area (Å²) in [5.74, 6) is 3.34. The maximum Gasteiger partial charge on any atom is 0.148 e. The predicted octanol–water partition coefficient (Wildman–Crippen LogP) is 3.01. The monoisotopic (exact) mass is 305 g/mol. The fraction of sp³-hybridized carbons (Fsp3) is 0.294. The van der Waals surface area contributed by atoms with E-state index in [1.54, 1.807) is 7.11 Å². The number of hydrogen-bond acceptors (Lipinski definition) is 3. The topological polar surface area (TPSA) is 30.5 Å². The zero-order valence-corrected chi connectivity index (χ0v) is 12.9. The van der Waals surface area contributed by atoms with Crippen LogP contribution in [-0.2, 0) is 11.3 Å². The van der Waals surface area contributed by atoms with Crippen molar-refractivity contribution in [3.8, 4) is 18.1 Å². The zero-order chi connectivity index (χ0) is 14.2. The number of halogens is 1. The largest absolute Gasteiger partial charge is 0.481 e. The molecule has 21 heavy (non-hydrogen) atoms. The average Bonchev–Trinajstić information content (AvgIpc) is 2.50. The van der Waals surface area contributed by atoms with Gasteiger partial charge in [0, 0.05) is 25.8 Å². The minimum Gasteiger partial charge on any atom is -0.481 e. The molecule has 2 aromatic rings. The molecule has 0 heterocycles. The van der Waals surface area contributed by atoms with E-state index in [9.17, 15) is 0 Å². The van der Waals surface area contributed by atoms with Gasteiger partial charge < -0.3 is 14.8 Å². The minimum atomic E-state index is 0. The summed E-state index contributed by atoms with van der Waals surface area (Å²) in [6.45, 7) is 2.49. The molecule has 1 N–H and O–H groups in total. The number of benzene rings is 2. The van der Waals surface area contributed by atoms with Gasteiger partial charge in [-0.2, -0.15) is 0 Å². The fourth-order valence-corrected chi connectivity index (χ4v) is 2.14. The van der Waals surface area contributed by atoms with Crippen molar-refractivity contribution in [1.29, 1.82) is 0 Å². The molecule has 0 aliphatic rings. The second kappa shape index (κ2) is 9.25. The number of nitrogens with one attached hydrogen (secondary N) is 1. The summed E-state index contributed by atoms with van der Waals surface area (Å²) >= 11 is 0. The van der Waals surface area contributed by atoms with Gasteiger partial charge in [-0.15, -0.1) is 18.8 Å². The van der Waals surface area contributed by atoms with Crippen LogP contribution < -0.4 is 10.1 Å². The van der Waals surface area contributed by atoms with Crippen LogP contribution in [0.4, 0.5) is 0 Å². The van der Waals surface area contributed by atoms with Crippen molar-refractivity contribution in [3.63, 3.8) is 0 Å². The maximum atomic E-state index is 5.64. The van der Waals surface area contributed by atoms with Crippen LogP contribution >= 0.6 is 12.4 Å². The lowest BCUT2D eigenvalue weighted by Gasteiger charge is -2.14. The molecule has 2 aromatic carbocycles. The number of hydrogen-bond donors (Lipinski definition) is 1. The van der Waals surface area contributed by atoms with Gasteiger partial charge in [0.15, 0.2) is 0 Å². The van der Waals surface area contributed by atoms with Crippen LogP contribution in [0.25, 0.3) is 10.8 Å². The van der Waals surface area contributed by atoms with Gasteiger partial charge in [-0.05, 0) is 16.8 Å². The van der Waals surface area contributed by atoms with Crippen molar-refractivity contribution < 1.29 is 9.47 Å². The highest BCUT2D eigenvalue weighted by Gasteiger charge is 2.08. The van der Waals surface area contributed by atoms with Crippen LogP contribution in [0.5, 0.6) is 5.75 Å². The number of rotatable bonds is 7. The molecular weight excluding hydrogens is 286 g/mol. The Labute approximate surface area is 132 Å². The highest BCUT2D eigenvalue weighted by molar-refractivity contribution is 5.87. The molecular formula is C17H20ClNO2. The molecule has 0 unspecified atom stereocenters. The molecule has 0 aliphatic heterocycles. The van der Waals surface area contributed by atoms with E-state index >= 15 is 0 Å². The molecule has 0 spiro atoms. The second-order valence-corrected chi connectivity index (χ2v) is 4.43. The molecule has 0 fully saturated rings. The number of methoxy groups -OCH3 is 1. The van der Waals surface area contributed by atoms with Crippen LogP contribution in [-0.4, -0.2) is 26.9 Å². The Morgan fingerprint density at radius 1 is 1.19 bits per heavy atom. The molecule has 0 radical (unpaired) electrons. The van der Waals surface area contributed by atoms with Crippen LogP contribution in [0.3, 0.4) is 0 Å². The first-order valence-corrected chi connectivity index (χ1v) is 6.63. The summed E-state index contributed by atoms with van der Waals surface area (Å²) in [5, 5.41) is 5.74. The second-order valence-electron chi connectivity index (χ2n) is 4.43. The first kappa shape index (κ1) is 17.3. The standard InChI is InChI=1S/C17H19NO2.ClH/c1-3-11-20-17-9-8-14-6-4-5-7-15(14)16(17)13-18-10-12-19-2;/h1,4-9,18H,10-13H2,2H3;1H. The molecule has 0 amide bonds. The van der Waals surface area contributed by atoms with E-state index in [1.165, 1.54) is 10.8 Å². The molecule has 2 rings (SSSR count). The summed E-state index contributed by atoms with van der Waals surface area (Å²) in [6, 6.07) is 12.3. The summed E-state index contributed by atoms with van der Waals surface area (Å²) in [6.07, 6.45) is 5.27. The van der Waals surface area contributed by atoms with Crippen LogP contribution in [0, 0.1) is 12.3 Å². The summed E-state index contributed by atoms with van der Waals surface area (Å²) in [7, 11) is 1.70. The Balaban J connectivity index is 0.00000220. The van der Waals surface area contributed by atoms with Gasteiger partial charge in [0.25, 0.3) is 0 Å². The van der Waals surface area contributed by atoms with Gasteiger partial charge >= 0.3 is 0 Å². The molecule has 0 aliphatic carbocycles. The van der Waals surface area contributed by atoms with Crippen molar-refractivity contribution in [3.05, 3.63) is 42.0 Å². The Kier molecular flexibility index (Phi) is 7.63. The van der Waals surface area contributed by atoms with E-state index < -0.39 is 0 Å². The Morgan fingerprint density at radius 3 is 2.76 bits per heavy atom. The lowest BCUT2D eigenvalue weighted by molar-refractivity contribution is 0.199. The quantitative estimate of drug-likeness (QED) is 0.630. The summed E-state index contributed by atoms with van der Waals surface area (Å²) in [5.41, 5.74) is 1.13.